The van der Waals surface area contributed by atoms with Gasteiger partial charge in [-0.3, -0.25) is 14.9 Å². The van der Waals surface area contributed by atoms with Crippen LogP contribution in [0, 0.1) is 0 Å². The van der Waals surface area contributed by atoms with E-state index in [0.717, 1.165) is 22.1 Å². The number of nitrogens with one attached hydrogen (secondary N) is 2. The van der Waals surface area contributed by atoms with E-state index in [1.807, 2.05) is 115 Å². The number of amides is 2. The first-order chi connectivity index (χ1) is 21.4. The van der Waals surface area contributed by atoms with E-state index < -0.39 is 18.2 Å². The summed E-state index contributed by atoms with van der Waals surface area (Å²) in [5.41, 5.74) is 13.1. The molecule has 0 saturated carbocycles. The molecule has 0 aromatic heterocycles. The van der Waals surface area contributed by atoms with Crippen molar-refractivity contribution in [3.8, 4) is 5.75 Å². The molecule has 2 amide bonds. The van der Waals surface area contributed by atoms with Crippen molar-refractivity contribution in [2.45, 2.75) is 44.0 Å². The highest BCUT2D eigenvalue weighted by atomic mass is 16.5. The molecule has 4 atom stereocenters. The number of para-hydroxylation sites is 1. The molecule has 1 aliphatic heterocycles. The number of nitrogens with zero attached hydrogens (tertiary/aromatic N) is 2. The predicted molar refractivity (Wildman–Crippen MR) is 174 cm³/mol. The summed E-state index contributed by atoms with van der Waals surface area (Å²) in [5.74, 6) is 0.374. The maximum absolute atomic E-state index is 14.1. The number of hydrogen-bond acceptors (Lipinski definition) is 5. The largest absolute Gasteiger partial charge is 0.484 e. The second kappa shape index (κ2) is 14.5. The Labute approximate surface area is 258 Å². The van der Waals surface area contributed by atoms with Crippen molar-refractivity contribution in [1.82, 2.24) is 15.5 Å². The minimum atomic E-state index is -0.680. The van der Waals surface area contributed by atoms with Gasteiger partial charge in [0.05, 0.1) is 12.6 Å². The zero-order valence-electron chi connectivity index (χ0n) is 24.9. The zero-order valence-corrected chi connectivity index (χ0v) is 24.9. The van der Waals surface area contributed by atoms with Gasteiger partial charge in [0.2, 0.25) is 5.91 Å². The predicted octanol–water partition coefficient (Wildman–Crippen LogP) is 4.00. The molecule has 228 valence electrons. The highest BCUT2D eigenvalue weighted by Gasteiger charge is 2.37. The quantitative estimate of drug-likeness (QED) is 0.154. The summed E-state index contributed by atoms with van der Waals surface area (Å²) < 4.78 is 6.43. The fraction of sp³-hybridized carbons (Fsp3) is 0.286. The molecule has 44 heavy (non-hydrogen) atoms. The zero-order chi connectivity index (χ0) is 30.9. The number of nitrogens with two attached hydrogens (primary N) is 2. The van der Waals surface area contributed by atoms with E-state index in [1.54, 1.807) is 0 Å². The van der Waals surface area contributed by atoms with Crippen LogP contribution in [0.25, 0.3) is 10.8 Å². The minimum absolute atomic E-state index is 0.0713. The summed E-state index contributed by atoms with van der Waals surface area (Å²) in [5, 5.41) is 8.63. The lowest BCUT2D eigenvalue weighted by molar-refractivity contribution is -0.134. The van der Waals surface area contributed by atoms with Crippen molar-refractivity contribution in [1.29, 1.82) is 0 Å². The topological polar surface area (TPSA) is 135 Å². The van der Waals surface area contributed by atoms with Gasteiger partial charge >= 0.3 is 0 Å². The minimum Gasteiger partial charge on any atom is -0.484 e. The molecule has 1 aliphatic rings. The average Bonchev–Trinajstić information content (AvgIpc) is 3.20. The summed E-state index contributed by atoms with van der Waals surface area (Å²) >= 11 is 0. The highest BCUT2D eigenvalue weighted by Crippen LogP contribution is 2.25. The van der Waals surface area contributed by atoms with Crippen LogP contribution < -0.4 is 26.8 Å². The van der Waals surface area contributed by atoms with Crippen LogP contribution >= 0.6 is 0 Å². The van der Waals surface area contributed by atoms with Crippen LogP contribution in [0.3, 0.4) is 0 Å². The van der Waals surface area contributed by atoms with E-state index >= 15 is 0 Å². The number of fused-ring (bicyclic) bond motifs is 1. The van der Waals surface area contributed by atoms with Gasteiger partial charge in [0.1, 0.15) is 17.9 Å². The Morgan fingerprint density at radius 3 is 2.36 bits per heavy atom. The van der Waals surface area contributed by atoms with Gasteiger partial charge in [-0.25, -0.2) is 4.99 Å². The second-order valence-corrected chi connectivity index (χ2v) is 11.0. The molecule has 0 radical (unpaired) electrons. The van der Waals surface area contributed by atoms with Gasteiger partial charge in [-0.1, -0.05) is 85.8 Å². The van der Waals surface area contributed by atoms with Crippen molar-refractivity contribution >= 4 is 28.5 Å². The standard InChI is InChI=1S/C35H40N6O3/c1-2-30(40-35(36)37)32-34(43)41(23-31(25-12-5-3-6-13-25)44-29-15-7-4-8-16-29)20-19-28(39-32)22-38-33(42)27-18-17-24-11-9-10-14-26(24)21-27/h3-18,21,28,30-32,39H,2,19-20,22-23H2,1H3,(H,38,42)(H4,36,37,40)/t28-,30?,31?,32-/m0/s1. The molecule has 5 rings (SSSR count). The molecule has 0 aliphatic carbocycles. The molecule has 1 fully saturated rings. The number of ether oxygens (including phenoxy) is 1. The van der Waals surface area contributed by atoms with Gasteiger partial charge in [-0.05, 0) is 53.4 Å². The SMILES string of the molecule is CCC(N=C(N)N)[C@@H]1N[C@H](CNC(=O)c2ccc3ccccc3c2)CCN(CC(Oc2ccccc2)c2ccccc2)C1=O. The smallest absolute Gasteiger partial charge is 0.251 e. The van der Waals surface area contributed by atoms with Crippen molar-refractivity contribution < 1.29 is 14.3 Å². The van der Waals surface area contributed by atoms with Crippen LogP contribution in [-0.2, 0) is 4.79 Å². The lowest BCUT2D eigenvalue weighted by Gasteiger charge is -2.31. The molecule has 4 aromatic rings. The monoisotopic (exact) mass is 592 g/mol. The van der Waals surface area contributed by atoms with E-state index in [0.29, 0.717) is 38.0 Å². The number of rotatable bonds is 11. The van der Waals surface area contributed by atoms with Crippen molar-refractivity contribution in [2.24, 2.45) is 16.5 Å². The van der Waals surface area contributed by atoms with Gasteiger partial charge in [0, 0.05) is 24.7 Å². The number of guanidine groups is 1. The third-order valence-corrected chi connectivity index (χ3v) is 7.96. The Morgan fingerprint density at radius 2 is 1.66 bits per heavy atom. The molecule has 4 aromatic carbocycles. The molecule has 9 nitrogen and oxygen atoms in total. The highest BCUT2D eigenvalue weighted by molar-refractivity contribution is 5.98. The van der Waals surface area contributed by atoms with E-state index in [9.17, 15) is 9.59 Å². The maximum Gasteiger partial charge on any atom is 0.251 e. The third-order valence-electron chi connectivity index (χ3n) is 7.96. The van der Waals surface area contributed by atoms with Gasteiger partial charge in [0.15, 0.2) is 5.96 Å². The number of hydrogen-bond donors (Lipinski definition) is 4. The molecular weight excluding hydrogens is 552 g/mol. The third kappa shape index (κ3) is 7.73. The fourth-order valence-corrected chi connectivity index (χ4v) is 5.63. The molecule has 0 spiro atoms. The van der Waals surface area contributed by atoms with E-state index in [-0.39, 0.29) is 23.8 Å². The van der Waals surface area contributed by atoms with Gasteiger partial charge < -0.3 is 26.4 Å². The average molecular weight is 593 g/mol. The lowest BCUT2D eigenvalue weighted by atomic mass is 10.0. The van der Waals surface area contributed by atoms with E-state index in [4.69, 9.17) is 16.2 Å². The Balaban J connectivity index is 1.35. The molecule has 0 bridgehead atoms. The van der Waals surface area contributed by atoms with Crippen LogP contribution in [0.4, 0.5) is 0 Å². The number of aliphatic imine (C=N–C) groups is 1. The van der Waals surface area contributed by atoms with Crippen molar-refractivity contribution in [3.05, 3.63) is 114 Å². The van der Waals surface area contributed by atoms with Gasteiger partial charge in [-0.15, -0.1) is 0 Å². The van der Waals surface area contributed by atoms with Crippen LogP contribution in [0.2, 0.25) is 0 Å². The summed E-state index contributed by atoms with van der Waals surface area (Å²) in [7, 11) is 0. The number of carbonyl (C=O) groups excluding carboxylic acids is 2. The van der Waals surface area contributed by atoms with Crippen LogP contribution in [0.15, 0.2) is 108 Å². The lowest BCUT2D eigenvalue weighted by Crippen LogP contribution is -2.54. The van der Waals surface area contributed by atoms with Gasteiger partial charge in [-0.2, -0.15) is 0 Å². The Kier molecular flexibility index (Phi) is 10.1. The molecule has 6 N–H and O–H groups in total. The normalized spacial score (nSPS) is 18.2. The molecule has 9 heteroatoms. The fourth-order valence-electron chi connectivity index (χ4n) is 5.63. The van der Waals surface area contributed by atoms with E-state index in [2.05, 4.69) is 15.6 Å². The number of carbonyl (C=O) groups is 2. The van der Waals surface area contributed by atoms with E-state index in [1.165, 1.54) is 0 Å². The van der Waals surface area contributed by atoms with Crippen LogP contribution in [-0.4, -0.2) is 60.4 Å². The first kappa shape index (κ1) is 30.6. The van der Waals surface area contributed by atoms with Gasteiger partial charge in [0.25, 0.3) is 5.91 Å². The Bertz CT molecular complexity index is 1580. The summed E-state index contributed by atoms with van der Waals surface area (Å²) in [6.45, 7) is 3.09. The Hall–Kier alpha value is -4.89. The maximum atomic E-state index is 14.1. The Morgan fingerprint density at radius 1 is 0.977 bits per heavy atom. The summed E-state index contributed by atoms with van der Waals surface area (Å²) in [4.78, 5) is 33.5. The first-order valence-electron chi connectivity index (χ1n) is 15.1. The van der Waals surface area contributed by atoms with Crippen molar-refractivity contribution in [3.63, 3.8) is 0 Å². The van der Waals surface area contributed by atoms with Crippen LogP contribution in [0.1, 0.15) is 41.8 Å². The molecule has 1 heterocycles. The number of benzene rings is 4. The van der Waals surface area contributed by atoms with Crippen molar-refractivity contribution in [2.75, 3.05) is 19.6 Å². The summed E-state index contributed by atoms with van der Waals surface area (Å²) in [6.07, 6.45) is 0.773. The molecular formula is C35H40N6O3. The molecule has 1 saturated heterocycles. The summed E-state index contributed by atoms with van der Waals surface area (Å²) in [6, 6.07) is 31.7. The first-order valence-corrected chi connectivity index (χ1v) is 15.1. The van der Waals surface area contributed by atoms with Crippen LogP contribution in [0.5, 0.6) is 5.75 Å². The second-order valence-electron chi connectivity index (χ2n) is 11.0. The molecule has 2 unspecified atom stereocenters.